The molecule has 2 atom stereocenters. The normalized spacial score (nSPS) is 17.9. The zero-order chi connectivity index (χ0) is 14.2. The van der Waals surface area contributed by atoms with E-state index in [-0.39, 0.29) is 23.0 Å². The lowest BCUT2D eigenvalue weighted by atomic mass is 9.88. The third kappa shape index (κ3) is 2.92. The molecule has 4 heteroatoms. The van der Waals surface area contributed by atoms with Crippen LogP contribution in [-0.4, -0.2) is 5.91 Å². The van der Waals surface area contributed by atoms with Crippen LogP contribution in [0.15, 0.2) is 12.1 Å². The number of hydrogen-bond acceptors (Lipinski definition) is 1. The number of aryl methyl sites for hydroxylation is 1. The lowest BCUT2D eigenvalue weighted by Crippen LogP contribution is -2.20. The van der Waals surface area contributed by atoms with E-state index in [4.69, 9.17) is 11.6 Å². The van der Waals surface area contributed by atoms with E-state index in [1.165, 1.54) is 6.07 Å². The second-order valence-electron chi connectivity index (χ2n) is 5.58. The van der Waals surface area contributed by atoms with Crippen LogP contribution >= 0.6 is 11.6 Å². The molecule has 1 heterocycles. The predicted molar refractivity (Wildman–Crippen MR) is 75.9 cm³/mol. The van der Waals surface area contributed by atoms with Gasteiger partial charge in [0.15, 0.2) is 0 Å². The first-order chi connectivity index (χ1) is 8.90. The highest BCUT2D eigenvalue weighted by Gasteiger charge is 2.25. The van der Waals surface area contributed by atoms with E-state index in [0.717, 1.165) is 5.56 Å². The maximum Gasteiger partial charge on any atom is 0.224 e. The molecule has 1 aromatic rings. The van der Waals surface area contributed by atoms with E-state index < -0.39 is 0 Å². The second-order valence-corrected chi connectivity index (χ2v) is 6.05. The summed E-state index contributed by atoms with van der Waals surface area (Å²) in [6.45, 7) is 6.19. The number of amides is 1. The van der Waals surface area contributed by atoms with Gasteiger partial charge in [-0.1, -0.05) is 20.8 Å². The Morgan fingerprint density at radius 3 is 2.58 bits per heavy atom. The number of nitrogens with one attached hydrogen (secondary N) is 1. The van der Waals surface area contributed by atoms with Crippen molar-refractivity contribution < 1.29 is 9.18 Å². The quantitative estimate of drug-likeness (QED) is 0.824. The number of halogens is 2. The van der Waals surface area contributed by atoms with Crippen molar-refractivity contribution in [2.24, 2.45) is 11.8 Å². The van der Waals surface area contributed by atoms with Crippen LogP contribution in [-0.2, 0) is 11.2 Å². The van der Waals surface area contributed by atoms with Gasteiger partial charge in [0.1, 0.15) is 5.82 Å². The van der Waals surface area contributed by atoms with Crippen LogP contribution in [0.3, 0.4) is 0 Å². The third-order valence-corrected chi connectivity index (χ3v) is 4.56. The van der Waals surface area contributed by atoms with Crippen LogP contribution in [0.25, 0.3) is 0 Å². The summed E-state index contributed by atoms with van der Waals surface area (Å²) in [5.74, 6) is 0.177. The molecule has 1 N–H and O–H groups in total. The number of carbonyl (C=O) groups is 1. The fourth-order valence-corrected chi connectivity index (χ4v) is 2.71. The monoisotopic (exact) mass is 283 g/mol. The Hall–Kier alpha value is -1.09. The van der Waals surface area contributed by atoms with Crippen LogP contribution in [0.2, 0.25) is 0 Å². The van der Waals surface area contributed by atoms with Crippen LogP contribution in [0.1, 0.15) is 43.7 Å². The zero-order valence-corrected chi connectivity index (χ0v) is 12.2. The summed E-state index contributed by atoms with van der Waals surface area (Å²) in [6.07, 6.45) is 1.10. The second kappa shape index (κ2) is 5.49. The molecule has 0 fully saturated rings. The summed E-state index contributed by atoms with van der Waals surface area (Å²) in [5.41, 5.74) is 2.09. The standard InChI is InChI=1S/C15H19ClFNO/c1-8(2)9(3)15(16)11-6-10-4-5-14(19)18-13(10)7-12(11)17/h6-9,15H,4-5H2,1-3H3,(H,18,19). The summed E-state index contributed by atoms with van der Waals surface area (Å²) in [5, 5.41) is 2.35. The fraction of sp³-hybridized carbons (Fsp3) is 0.533. The average molecular weight is 284 g/mol. The topological polar surface area (TPSA) is 29.1 Å². The predicted octanol–water partition coefficient (Wildman–Crippen LogP) is 4.28. The van der Waals surface area contributed by atoms with Gasteiger partial charge >= 0.3 is 0 Å². The first-order valence-corrected chi connectivity index (χ1v) is 7.10. The molecule has 0 saturated carbocycles. The molecule has 1 aromatic carbocycles. The Morgan fingerprint density at radius 1 is 1.26 bits per heavy atom. The number of fused-ring (bicyclic) bond motifs is 1. The molecule has 1 aliphatic rings. The van der Waals surface area contributed by atoms with Gasteiger partial charge in [-0.15, -0.1) is 11.6 Å². The highest BCUT2D eigenvalue weighted by molar-refractivity contribution is 6.21. The number of hydrogen-bond donors (Lipinski definition) is 1. The maximum absolute atomic E-state index is 14.1. The van der Waals surface area contributed by atoms with Gasteiger partial charge in [-0.2, -0.15) is 0 Å². The average Bonchev–Trinajstić information content (AvgIpc) is 2.36. The third-order valence-electron chi connectivity index (χ3n) is 3.93. The molecule has 2 rings (SSSR count). The van der Waals surface area contributed by atoms with Gasteiger partial charge in [-0.3, -0.25) is 4.79 Å². The molecular formula is C15H19ClFNO. The number of anilines is 1. The van der Waals surface area contributed by atoms with Crippen LogP contribution in [0, 0.1) is 17.7 Å². The Labute approximate surface area is 118 Å². The summed E-state index contributed by atoms with van der Waals surface area (Å²) >= 11 is 6.40. The molecular weight excluding hydrogens is 265 g/mol. The number of carbonyl (C=O) groups excluding carboxylic acids is 1. The van der Waals surface area contributed by atoms with Gasteiger partial charge in [0.25, 0.3) is 0 Å². The Balaban J connectivity index is 2.35. The largest absolute Gasteiger partial charge is 0.326 e. The van der Waals surface area contributed by atoms with Gasteiger partial charge in [-0.25, -0.2) is 4.39 Å². The van der Waals surface area contributed by atoms with Crippen molar-refractivity contribution in [1.29, 1.82) is 0 Å². The minimum absolute atomic E-state index is 0.0578. The summed E-state index contributed by atoms with van der Waals surface area (Å²) in [6, 6.07) is 3.20. The zero-order valence-electron chi connectivity index (χ0n) is 11.5. The Bertz CT molecular complexity index is 501. The minimum Gasteiger partial charge on any atom is -0.326 e. The number of alkyl halides is 1. The van der Waals surface area contributed by atoms with E-state index in [9.17, 15) is 9.18 Å². The Morgan fingerprint density at radius 2 is 1.95 bits per heavy atom. The molecule has 0 bridgehead atoms. The molecule has 104 valence electrons. The first kappa shape index (κ1) is 14.3. The summed E-state index contributed by atoms with van der Waals surface area (Å²) in [7, 11) is 0. The summed E-state index contributed by atoms with van der Waals surface area (Å²) < 4.78 is 14.1. The van der Waals surface area contributed by atoms with Crippen molar-refractivity contribution in [1.82, 2.24) is 0 Å². The molecule has 1 amide bonds. The minimum atomic E-state index is -0.345. The van der Waals surface area contributed by atoms with Crippen LogP contribution in [0.5, 0.6) is 0 Å². The van der Waals surface area contributed by atoms with E-state index in [0.29, 0.717) is 30.0 Å². The van der Waals surface area contributed by atoms with Crippen molar-refractivity contribution in [2.75, 3.05) is 5.32 Å². The molecule has 1 aliphatic heterocycles. The molecule has 19 heavy (non-hydrogen) atoms. The van der Waals surface area contributed by atoms with Crippen molar-refractivity contribution in [3.63, 3.8) is 0 Å². The van der Waals surface area contributed by atoms with E-state index >= 15 is 0 Å². The summed E-state index contributed by atoms with van der Waals surface area (Å²) in [4.78, 5) is 11.3. The molecule has 0 aliphatic carbocycles. The molecule has 0 aromatic heterocycles. The van der Waals surface area contributed by atoms with Crippen LogP contribution in [0.4, 0.5) is 10.1 Å². The van der Waals surface area contributed by atoms with Gasteiger partial charge in [0.2, 0.25) is 5.91 Å². The molecule has 2 unspecified atom stereocenters. The van der Waals surface area contributed by atoms with Gasteiger partial charge < -0.3 is 5.32 Å². The molecule has 0 saturated heterocycles. The van der Waals surface area contributed by atoms with Crippen molar-refractivity contribution in [2.45, 2.75) is 39.0 Å². The smallest absolute Gasteiger partial charge is 0.224 e. The highest BCUT2D eigenvalue weighted by atomic mass is 35.5. The number of rotatable bonds is 3. The van der Waals surface area contributed by atoms with E-state index in [1.807, 2.05) is 6.92 Å². The molecule has 0 spiro atoms. The lowest BCUT2D eigenvalue weighted by Gasteiger charge is -2.24. The van der Waals surface area contributed by atoms with Crippen LogP contribution < -0.4 is 5.32 Å². The van der Waals surface area contributed by atoms with Gasteiger partial charge in [0, 0.05) is 17.7 Å². The highest BCUT2D eigenvalue weighted by Crippen LogP contribution is 2.37. The maximum atomic E-state index is 14.1. The van der Waals surface area contributed by atoms with E-state index in [1.54, 1.807) is 6.07 Å². The van der Waals surface area contributed by atoms with Crippen molar-refractivity contribution in [3.8, 4) is 0 Å². The fourth-order valence-electron chi connectivity index (χ4n) is 2.25. The van der Waals surface area contributed by atoms with Crippen molar-refractivity contribution in [3.05, 3.63) is 29.1 Å². The van der Waals surface area contributed by atoms with E-state index in [2.05, 4.69) is 19.2 Å². The Kier molecular flexibility index (Phi) is 4.14. The first-order valence-electron chi connectivity index (χ1n) is 6.66. The molecule has 2 nitrogen and oxygen atoms in total. The molecule has 0 radical (unpaired) electrons. The van der Waals surface area contributed by atoms with Crippen molar-refractivity contribution >= 4 is 23.2 Å². The van der Waals surface area contributed by atoms with Gasteiger partial charge in [0.05, 0.1) is 5.38 Å². The lowest BCUT2D eigenvalue weighted by molar-refractivity contribution is -0.116. The van der Waals surface area contributed by atoms with Gasteiger partial charge in [-0.05, 0) is 36.0 Å². The SMILES string of the molecule is CC(C)C(C)C(Cl)c1cc2c(cc1F)NC(=O)CC2. The number of benzene rings is 1.